The molecule has 0 heterocycles. The van der Waals surface area contributed by atoms with E-state index in [0.29, 0.717) is 11.7 Å². The maximum absolute atomic E-state index is 11.0. The van der Waals surface area contributed by atoms with Crippen molar-refractivity contribution in [1.29, 1.82) is 0 Å². The molecule has 1 aliphatic rings. The molecule has 0 radical (unpaired) electrons. The lowest BCUT2D eigenvalue weighted by Crippen LogP contribution is -2.34. The van der Waals surface area contributed by atoms with Crippen molar-refractivity contribution in [3.05, 3.63) is 0 Å². The summed E-state index contributed by atoms with van der Waals surface area (Å²) in [6, 6.07) is 0. The maximum Gasteiger partial charge on any atom is 0.132 e. The van der Waals surface area contributed by atoms with Crippen molar-refractivity contribution >= 4 is 5.78 Å². The summed E-state index contributed by atoms with van der Waals surface area (Å²) in [6.07, 6.45) is 3.63. The standard InChI is InChI=1S/C10H19NO/c1-10(2,7-11)8-3-5-9(12)6-4-8/h8H,3-7,11H2,1-2H3. The van der Waals surface area contributed by atoms with Crippen LogP contribution in [0.3, 0.4) is 0 Å². The molecule has 12 heavy (non-hydrogen) atoms. The fraction of sp³-hybridized carbons (Fsp3) is 0.900. The van der Waals surface area contributed by atoms with Crippen molar-refractivity contribution in [2.75, 3.05) is 6.54 Å². The van der Waals surface area contributed by atoms with E-state index in [-0.39, 0.29) is 5.41 Å². The Labute approximate surface area is 74.5 Å². The van der Waals surface area contributed by atoms with Crippen molar-refractivity contribution in [2.45, 2.75) is 39.5 Å². The average Bonchev–Trinajstić information content (AvgIpc) is 2.05. The summed E-state index contributed by atoms with van der Waals surface area (Å²) < 4.78 is 0. The molecule has 0 aromatic carbocycles. The molecule has 0 saturated heterocycles. The van der Waals surface area contributed by atoms with E-state index < -0.39 is 0 Å². The van der Waals surface area contributed by atoms with Crippen LogP contribution in [0.1, 0.15) is 39.5 Å². The summed E-state index contributed by atoms with van der Waals surface area (Å²) >= 11 is 0. The molecule has 0 aromatic rings. The van der Waals surface area contributed by atoms with Crippen LogP contribution >= 0.6 is 0 Å². The Balaban J connectivity index is 2.49. The summed E-state index contributed by atoms with van der Waals surface area (Å²) in [6.45, 7) is 5.13. The van der Waals surface area contributed by atoms with E-state index >= 15 is 0 Å². The van der Waals surface area contributed by atoms with Gasteiger partial charge in [-0.1, -0.05) is 13.8 Å². The SMILES string of the molecule is CC(C)(CN)C1CCC(=O)CC1. The Morgan fingerprint density at radius 3 is 2.33 bits per heavy atom. The van der Waals surface area contributed by atoms with Crippen molar-refractivity contribution in [1.82, 2.24) is 0 Å². The van der Waals surface area contributed by atoms with Gasteiger partial charge in [0.25, 0.3) is 0 Å². The highest BCUT2D eigenvalue weighted by Crippen LogP contribution is 2.36. The fourth-order valence-electron chi connectivity index (χ4n) is 1.89. The van der Waals surface area contributed by atoms with Crippen LogP contribution in [0.5, 0.6) is 0 Å². The van der Waals surface area contributed by atoms with Gasteiger partial charge in [0.2, 0.25) is 0 Å². The highest BCUT2D eigenvalue weighted by Gasteiger charge is 2.31. The van der Waals surface area contributed by atoms with E-state index in [1.165, 1.54) is 0 Å². The van der Waals surface area contributed by atoms with Crippen molar-refractivity contribution in [2.24, 2.45) is 17.1 Å². The fourth-order valence-corrected chi connectivity index (χ4v) is 1.89. The Bertz CT molecular complexity index is 165. The van der Waals surface area contributed by atoms with Gasteiger partial charge >= 0.3 is 0 Å². The molecular weight excluding hydrogens is 150 g/mol. The zero-order chi connectivity index (χ0) is 9.19. The van der Waals surface area contributed by atoms with Crippen molar-refractivity contribution in [3.8, 4) is 0 Å². The Morgan fingerprint density at radius 1 is 1.42 bits per heavy atom. The number of carbonyl (C=O) groups is 1. The van der Waals surface area contributed by atoms with Crippen LogP contribution in [0.15, 0.2) is 0 Å². The molecule has 1 saturated carbocycles. The number of hydrogen-bond acceptors (Lipinski definition) is 2. The largest absolute Gasteiger partial charge is 0.330 e. The lowest BCUT2D eigenvalue weighted by Gasteiger charge is -2.35. The van der Waals surface area contributed by atoms with Crippen LogP contribution < -0.4 is 5.73 Å². The molecule has 0 atom stereocenters. The van der Waals surface area contributed by atoms with Crippen LogP contribution in [0, 0.1) is 11.3 Å². The molecule has 1 fully saturated rings. The molecule has 0 aliphatic heterocycles. The molecule has 0 bridgehead atoms. The molecule has 1 aliphatic carbocycles. The molecular formula is C10H19NO. The van der Waals surface area contributed by atoms with Gasteiger partial charge in [0.1, 0.15) is 5.78 Å². The van der Waals surface area contributed by atoms with Gasteiger partial charge < -0.3 is 5.73 Å². The van der Waals surface area contributed by atoms with E-state index in [2.05, 4.69) is 13.8 Å². The molecule has 0 unspecified atom stereocenters. The molecule has 0 amide bonds. The summed E-state index contributed by atoms with van der Waals surface area (Å²) in [5.41, 5.74) is 5.91. The van der Waals surface area contributed by atoms with Gasteiger partial charge in [0.05, 0.1) is 0 Å². The third kappa shape index (κ3) is 2.07. The first kappa shape index (κ1) is 9.72. The second kappa shape index (κ2) is 3.56. The van der Waals surface area contributed by atoms with Gasteiger partial charge in [0, 0.05) is 12.8 Å². The van der Waals surface area contributed by atoms with E-state index in [1.807, 2.05) is 0 Å². The molecule has 0 spiro atoms. The Kier molecular flexibility index (Phi) is 2.89. The monoisotopic (exact) mass is 169 g/mol. The van der Waals surface area contributed by atoms with Gasteiger partial charge in [-0.25, -0.2) is 0 Å². The lowest BCUT2D eigenvalue weighted by atomic mass is 9.71. The lowest BCUT2D eigenvalue weighted by molar-refractivity contribution is -0.121. The Hall–Kier alpha value is -0.370. The summed E-state index contributed by atoms with van der Waals surface area (Å²) in [7, 11) is 0. The van der Waals surface area contributed by atoms with Crippen LogP contribution in [0.2, 0.25) is 0 Å². The predicted molar refractivity (Wildman–Crippen MR) is 49.8 cm³/mol. The average molecular weight is 169 g/mol. The van der Waals surface area contributed by atoms with Crippen LogP contribution in [0.4, 0.5) is 0 Å². The number of ketones is 1. The minimum absolute atomic E-state index is 0.223. The number of rotatable bonds is 2. The van der Waals surface area contributed by atoms with Crippen molar-refractivity contribution < 1.29 is 4.79 Å². The van der Waals surface area contributed by atoms with E-state index in [1.54, 1.807) is 0 Å². The van der Waals surface area contributed by atoms with Gasteiger partial charge in [-0.05, 0) is 30.7 Å². The van der Waals surface area contributed by atoms with Crippen LogP contribution in [0.25, 0.3) is 0 Å². The Morgan fingerprint density at radius 2 is 1.92 bits per heavy atom. The number of Topliss-reactive ketones (excluding diaryl/α,β-unsaturated/α-hetero) is 1. The molecule has 1 rings (SSSR count). The van der Waals surface area contributed by atoms with Crippen LogP contribution in [-0.4, -0.2) is 12.3 Å². The van der Waals surface area contributed by atoms with Gasteiger partial charge in [-0.15, -0.1) is 0 Å². The number of hydrogen-bond donors (Lipinski definition) is 1. The highest BCUT2D eigenvalue weighted by molar-refractivity contribution is 5.79. The molecule has 2 heteroatoms. The summed E-state index contributed by atoms with van der Waals surface area (Å²) in [5, 5.41) is 0. The van der Waals surface area contributed by atoms with E-state index in [4.69, 9.17) is 5.73 Å². The molecule has 70 valence electrons. The third-order valence-corrected chi connectivity index (χ3v) is 3.17. The molecule has 2 N–H and O–H groups in total. The van der Waals surface area contributed by atoms with E-state index in [9.17, 15) is 4.79 Å². The minimum Gasteiger partial charge on any atom is -0.330 e. The molecule has 2 nitrogen and oxygen atoms in total. The second-order valence-corrected chi connectivity index (χ2v) is 4.51. The smallest absolute Gasteiger partial charge is 0.132 e. The minimum atomic E-state index is 0.223. The number of nitrogens with two attached hydrogens (primary N) is 1. The van der Waals surface area contributed by atoms with Crippen LogP contribution in [-0.2, 0) is 4.79 Å². The normalized spacial score (nSPS) is 21.4. The van der Waals surface area contributed by atoms with Gasteiger partial charge in [-0.3, -0.25) is 4.79 Å². The topological polar surface area (TPSA) is 43.1 Å². The zero-order valence-electron chi connectivity index (χ0n) is 8.10. The summed E-state index contributed by atoms with van der Waals surface area (Å²) in [5.74, 6) is 1.08. The molecule has 0 aromatic heterocycles. The maximum atomic E-state index is 11.0. The first-order valence-corrected chi connectivity index (χ1v) is 4.78. The number of carbonyl (C=O) groups excluding carboxylic acids is 1. The first-order valence-electron chi connectivity index (χ1n) is 4.78. The van der Waals surface area contributed by atoms with Crippen molar-refractivity contribution in [3.63, 3.8) is 0 Å². The predicted octanol–water partition coefficient (Wildman–Crippen LogP) is 1.73. The van der Waals surface area contributed by atoms with Gasteiger partial charge in [0.15, 0.2) is 0 Å². The zero-order valence-corrected chi connectivity index (χ0v) is 8.10. The second-order valence-electron chi connectivity index (χ2n) is 4.51. The third-order valence-electron chi connectivity index (χ3n) is 3.17. The quantitative estimate of drug-likeness (QED) is 0.684. The highest BCUT2D eigenvalue weighted by atomic mass is 16.1. The first-order chi connectivity index (χ1) is 5.56. The van der Waals surface area contributed by atoms with E-state index in [0.717, 1.165) is 32.2 Å². The summed E-state index contributed by atoms with van der Waals surface area (Å²) in [4.78, 5) is 11.0. The van der Waals surface area contributed by atoms with Gasteiger partial charge in [-0.2, -0.15) is 0 Å².